The van der Waals surface area contributed by atoms with Crippen LogP contribution in [0.15, 0.2) is 23.3 Å². The summed E-state index contributed by atoms with van der Waals surface area (Å²) in [5, 5.41) is 22.3. The molecule has 0 spiro atoms. The highest BCUT2D eigenvalue weighted by atomic mass is 16.5. The highest BCUT2D eigenvalue weighted by Crippen LogP contribution is 2.73. The highest BCUT2D eigenvalue weighted by Gasteiger charge is 2.69. The molecule has 10 atom stereocenters. The van der Waals surface area contributed by atoms with Gasteiger partial charge in [-0.3, -0.25) is 4.79 Å². The Hall–Kier alpha value is -1.13. The van der Waals surface area contributed by atoms with Gasteiger partial charge in [0.05, 0.1) is 18.1 Å². The summed E-state index contributed by atoms with van der Waals surface area (Å²) in [6, 6.07) is 0. The molecule has 5 aliphatic rings. The van der Waals surface area contributed by atoms with Crippen molar-refractivity contribution < 1.29 is 19.7 Å². The van der Waals surface area contributed by atoms with Crippen LogP contribution >= 0.6 is 0 Å². The molecule has 4 aliphatic carbocycles. The van der Waals surface area contributed by atoms with Crippen LogP contribution in [0, 0.1) is 45.3 Å². The van der Waals surface area contributed by atoms with Gasteiger partial charge in [0.25, 0.3) is 0 Å². The number of carbonyl (C=O) groups is 1. The molecule has 0 aromatic heterocycles. The molecule has 0 aromatic carbocycles. The highest BCUT2D eigenvalue weighted by molar-refractivity contribution is 5.76. The minimum Gasteiger partial charge on any atom is -0.458 e. The fourth-order valence-corrected chi connectivity index (χ4v) is 9.92. The molecule has 34 heavy (non-hydrogen) atoms. The van der Waals surface area contributed by atoms with Crippen molar-refractivity contribution in [1.82, 2.24) is 0 Å². The Bertz CT molecular complexity index is 928. The Morgan fingerprint density at radius 3 is 2.47 bits per heavy atom. The molecule has 4 fully saturated rings. The molecule has 0 aromatic rings. The number of hydrogen-bond acceptors (Lipinski definition) is 4. The first-order valence-corrected chi connectivity index (χ1v) is 13.7. The minimum atomic E-state index is -0.479. The van der Waals surface area contributed by atoms with Gasteiger partial charge in [-0.2, -0.15) is 0 Å². The van der Waals surface area contributed by atoms with Crippen LogP contribution in [0.5, 0.6) is 0 Å². The van der Waals surface area contributed by atoms with Crippen molar-refractivity contribution in [3.63, 3.8) is 0 Å². The quantitative estimate of drug-likeness (QED) is 0.394. The summed E-state index contributed by atoms with van der Waals surface area (Å²) < 4.78 is 5.76. The van der Waals surface area contributed by atoms with Crippen molar-refractivity contribution in [1.29, 1.82) is 0 Å². The first-order valence-electron chi connectivity index (χ1n) is 13.7. The van der Waals surface area contributed by atoms with Gasteiger partial charge in [-0.05, 0) is 91.9 Å². The lowest BCUT2D eigenvalue weighted by Crippen LogP contribution is -2.58. The van der Waals surface area contributed by atoms with Crippen LogP contribution in [-0.4, -0.2) is 34.5 Å². The van der Waals surface area contributed by atoms with Crippen molar-refractivity contribution in [2.45, 2.75) is 112 Å². The van der Waals surface area contributed by atoms with Gasteiger partial charge in [-0.15, -0.1) is 0 Å². The van der Waals surface area contributed by atoms with E-state index in [0.29, 0.717) is 18.3 Å². The molecule has 0 radical (unpaired) electrons. The van der Waals surface area contributed by atoms with E-state index >= 15 is 0 Å². The van der Waals surface area contributed by atoms with E-state index in [1.54, 1.807) is 5.57 Å². The van der Waals surface area contributed by atoms with Crippen LogP contribution in [0.4, 0.5) is 0 Å². The zero-order valence-electron chi connectivity index (χ0n) is 22.4. The van der Waals surface area contributed by atoms with Crippen LogP contribution in [-0.2, 0) is 9.53 Å². The molecule has 5 rings (SSSR count). The predicted molar refractivity (Wildman–Crippen MR) is 134 cm³/mol. The van der Waals surface area contributed by atoms with Crippen molar-refractivity contribution in [2.75, 3.05) is 0 Å². The van der Waals surface area contributed by atoms with Crippen molar-refractivity contribution in [3.8, 4) is 0 Å². The maximum atomic E-state index is 13.0. The molecule has 190 valence electrons. The van der Waals surface area contributed by atoms with Gasteiger partial charge in [0.1, 0.15) is 6.10 Å². The summed E-state index contributed by atoms with van der Waals surface area (Å²) in [5.74, 6) is 0.567. The Morgan fingerprint density at radius 1 is 1.09 bits per heavy atom. The monoisotopic (exact) mass is 470 g/mol. The number of fused-ring (bicyclic) bond motifs is 5. The van der Waals surface area contributed by atoms with Crippen LogP contribution in [0.3, 0.4) is 0 Å². The average Bonchev–Trinajstić information content (AvgIpc) is 3.17. The maximum absolute atomic E-state index is 13.0. The summed E-state index contributed by atoms with van der Waals surface area (Å²) >= 11 is 0. The summed E-state index contributed by atoms with van der Waals surface area (Å²) in [6.45, 7) is 15.8. The van der Waals surface area contributed by atoms with E-state index in [-0.39, 0.29) is 51.7 Å². The number of ether oxygens (including phenoxy) is 1. The van der Waals surface area contributed by atoms with Crippen LogP contribution < -0.4 is 0 Å². The summed E-state index contributed by atoms with van der Waals surface area (Å²) in [6.07, 6.45) is 10.2. The number of rotatable bonds is 2. The Labute approximate surface area is 206 Å². The van der Waals surface area contributed by atoms with Crippen molar-refractivity contribution in [2.24, 2.45) is 45.3 Å². The number of aliphatic hydroxyl groups is 2. The van der Waals surface area contributed by atoms with Crippen molar-refractivity contribution >= 4 is 5.97 Å². The van der Waals surface area contributed by atoms with Gasteiger partial charge in [0.2, 0.25) is 0 Å². The van der Waals surface area contributed by atoms with E-state index in [4.69, 9.17) is 4.74 Å². The molecular formula is C30H46O4. The molecule has 4 nitrogen and oxygen atoms in total. The lowest BCUT2D eigenvalue weighted by atomic mass is 9.41. The molecule has 1 aliphatic heterocycles. The predicted octanol–water partition coefficient (Wildman–Crippen LogP) is 5.82. The SMILES string of the molecule is CC(C)=CC1CC(C2C(O)CC3(C)C4=CCC5C(C)(C)C(O)CCC5(C)C4CCC23C)C(=O)O1. The smallest absolute Gasteiger partial charge is 0.310 e. The molecule has 0 amide bonds. The van der Waals surface area contributed by atoms with Crippen molar-refractivity contribution in [3.05, 3.63) is 23.3 Å². The standard InChI is InChI=1S/C30H46O4/c1-17(2)14-18-15-19(26(33)34-18)25-22(31)16-30(7)21-8-9-23-27(3,4)24(32)11-12-28(23,5)20(21)10-13-29(25,30)6/h8,14,18-20,22-25,31-32H,9-13,15-16H2,1-7H3. The van der Waals surface area contributed by atoms with Gasteiger partial charge in [0.15, 0.2) is 0 Å². The molecule has 4 heteroatoms. The third-order valence-corrected chi connectivity index (χ3v) is 11.9. The second-order valence-electron chi connectivity index (χ2n) is 14.0. The Balaban J connectivity index is 1.50. The number of hydrogen-bond donors (Lipinski definition) is 2. The first-order chi connectivity index (χ1) is 15.8. The topological polar surface area (TPSA) is 66.8 Å². The van der Waals surface area contributed by atoms with Gasteiger partial charge in [-0.25, -0.2) is 0 Å². The normalized spacial score (nSPS) is 51.6. The van der Waals surface area contributed by atoms with Gasteiger partial charge < -0.3 is 14.9 Å². The van der Waals surface area contributed by atoms with Gasteiger partial charge >= 0.3 is 5.97 Å². The second-order valence-corrected chi connectivity index (χ2v) is 14.0. The van der Waals surface area contributed by atoms with Crippen LogP contribution in [0.1, 0.15) is 93.4 Å². The zero-order valence-corrected chi connectivity index (χ0v) is 22.4. The summed E-state index contributed by atoms with van der Waals surface area (Å²) in [7, 11) is 0. The Kier molecular flexibility index (Phi) is 5.55. The molecule has 3 saturated carbocycles. The fraction of sp³-hybridized carbons (Fsp3) is 0.833. The maximum Gasteiger partial charge on any atom is 0.310 e. The number of aliphatic hydroxyl groups excluding tert-OH is 2. The third-order valence-electron chi connectivity index (χ3n) is 11.9. The Morgan fingerprint density at radius 2 is 1.79 bits per heavy atom. The zero-order chi connectivity index (χ0) is 24.8. The number of cyclic esters (lactones) is 1. The number of esters is 1. The average molecular weight is 471 g/mol. The fourth-order valence-electron chi connectivity index (χ4n) is 9.92. The first kappa shape index (κ1) is 24.6. The molecule has 2 N–H and O–H groups in total. The van der Waals surface area contributed by atoms with Gasteiger partial charge in [-0.1, -0.05) is 51.8 Å². The number of carbonyl (C=O) groups excluding carboxylic acids is 1. The third kappa shape index (κ3) is 3.13. The molecular weight excluding hydrogens is 424 g/mol. The molecule has 1 heterocycles. The summed E-state index contributed by atoms with van der Waals surface area (Å²) in [4.78, 5) is 13.0. The molecule has 10 unspecified atom stereocenters. The van der Waals surface area contributed by atoms with E-state index in [0.717, 1.165) is 44.1 Å². The molecule has 1 saturated heterocycles. The summed E-state index contributed by atoms with van der Waals surface area (Å²) in [5.41, 5.74) is 2.58. The van der Waals surface area contributed by atoms with E-state index in [1.807, 2.05) is 13.8 Å². The minimum absolute atomic E-state index is 0.0578. The van der Waals surface area contributed by atoms with Crippen LogP contribution in [0.2, 0.25) is 0 Å². The van der Waals surface area contributed by atoms with E-state index in [2.05, 4.69) is 46.8 Å². The van der Waals surface area contributed by atoms with Gasteiger partial charge in [0, 0.05) is 12.3 Å². The lowest BCUT2D eigenvalue weighted by Gasteiger charge is -2.64. The lowest BCUT2D eigenvalue weighted by molar-refractivity contribution is -0.149. The largest absolute Gasteiger partial charge is 0.458 e. The van der Waals surface area contributed by atoms with E-state index in [1.165, 1.54) is 0 Å². The second kappa shape index (κ2) is 7.68. The van der Waals surface area contributed by atoms with Crippen LogP contribution in [0.25, 0.3) is 0 Å². The molecule has 0 bridgehead atoms. The van der Waals surface area contributed by atoms with E-state index < -0.39 is 6.10 Å². The number of allylic oxidation sites excluding steroid dienone is 3. The van der Waals surface area contributed by atoms with E-state index in [9.17, 15) is 15.0 Å².